The largest absolute Gasteiger partial charge is 0.471 e. The van der Waals surface area contributed by atoms with Gasteiger partial charge in [0.1, 0.15) is 6.10 Å². The van der Waals surface area contributed by atoms with E-state index in [1.165, 1.54) is 0 Å². The number of para-hydroxylation sites is 1. The van der Waals surface area contributed by atoms with E-state index in [1.54, 1.807) is 4.90 Å². The van der Waals surface area contributed by atoms with E-state index in [0.717, 1.165) is 10.9 Å². The van der Waals surface area contributed by atoms with Gasteiger partial charge in [0, 0.05) is 17.0 Å². The molecule has 0 unspecified atom stereocenters. The summed E-state index contributed by atoms with van der Waals surface area (Å²) < 4.78 is 5.84. The first kappa shape index (κ1) is 14.6. The molecule has 0 aliphatic carbocycles. The number of hydrogen-bond donors (Lipinski definition) is 1. The lowest BCUT2D eigenvalue weighted by Crippen LogP contribution is -2.61. The zero-order valence-electron chi connectivity index (χ0n) is 13.2. The summed E-state index contributed by atoms with van der Waals surface area (Å²) in [5.74, 6) is 0.611. The van der Waals surface area contributed by atoms with Gasteiger partial charge in [-0.05, 0) is 32.9 Å². The van der Waals surface area contributed by atoms with E-state index >= 15 is 0 Å². The number of pyridine rings is 1. The van der Waals surface area contributed by atoms with Gasteiger partial charge in [-0.2, -0.15) is 0 Å². The zero-order valence-corrected chi connectivity index (χ0v) is 13.2. The van der Waals surface area contributed by atoms with Crippen molar-refractivity contribution in [3.63, 3.8) is 0 Å². The molecule has 2 aromatic rings. The molecule has 1 aromatic heterocycles. The van der Waals surface area contributed by atoms with Crippen LogP contribution in [-0.2, 0) is 0 Å². The lowest BCUT2D eigenvalue weighted by Gasteiger charge is -2.40. The predicted octanol–water partition coefficient (Wildman–Crippen LogP) is 2.81. The summed E-state index contributed by atoms with van der Waals surface area (Å²) in [7, 11) is 0. The van der Waals surface area contributed by atoms with E-state index < -0.39 is 0 Å². The number of ether oxygens (including phenoxy) is 1. The Bertz CT molecular complexity index is 688. The van der Waals surface area contributed by atoms with Gasteiger partial charge in [0.25, 0.3) is 0 Å². The molecule has 0 atom stereocenters. The monoisotopic (exact) mass is 299 g/mol. The molecule has 1 aliphatic heterocycles. The van der Waals surface area contributed by atoms with Crippen LogP contribution in [0.15, 0.2) is 36.4 Å². The number of aromatic nitrogens is 1. The van der Waals surface area contributed by atoms with Crippen LogP contribution in [0.1, 0.15) is 20.8 Å². The van der Waals surface area contributed by atoms with Crippen molar-refractivity contribution in [2.45, 2.75) is 32.4 Å². The van der Waals surface area contributed by atoms with Crippen molar-refractivity contribution in [3.8, 4) is 5.88 Å². The van der Waals surface area contributed by atoms with Crippen LogP contribution in [-0.4, -0.2) is 40.6 Å². The summed E-state index contributed by atoms with van der Waals surface area (Å²) in [6, 6.07) is 11.8. The minimum atomic E-state index is -0.219. The molecule has 0 spiro atoms. The fourth-order valence-electron chi connectivity index (χ4n) is 2.36. The highest BCUT2D eigenvalue weighted by molar-refractivity contribution is 5.79. The molecular weight excluding hydrogens is 278 g/mol. The zero-order chi connectivity index (χ0) is 15.7. The second kappa shape index (κ2) is 5.48. The summed E-state index contributed by atoms with van der Waals surface area (Å²) in [4.78, 5) is 18.2. The number of likely N-dealkylation sites (tertiary alicyclic amines) is 1. The Hall–Kier alpha value is -2.30. The van der Waals surface area contributed by atoms with Gasteiger partial charge >= 0.3 is 6.03 Å². The number of hydrogen-bond acceptors (Lipinski definition) is 3. The highest BCUT2D eigenvalue weighted by atomic mass is 16.5. The van der Waals surface area contributed by atoms with Gasteiger partial charge in [-0.15, -0.1) is 0 Å². The molecular formula is C17H21N3O2. The molecule has 0 radical (unpaired) electrons. The maximum atomic E-state index is 12.0. The fraction of sp³-hybridized carbons (Fsp3) is 0.412. The van der Waals surface area contributed by atoms with Crippen LogP contribution in [0.4, 0.5) is 4.79 Å². The van der Waals surface area contributed by atoms with Crippen molar-refractivity contribution in [2.75, 3.05) is 13.1 Å². The van der Waals surface area contributed by atoms with Crippen molar-refractivity contribution in [2.24, 2.45) is 0 Å². The van der Waals surface area contributed by atoms with Crippen LogP contribution in [0.3, 0.4) is 0 Å². The fourth-order valence-corrected chi connectivity index (χ4v) is 2.36. The van der Waals surface area contributed by atoms with Gasteiger partial charge in [-0.1, -0.05) is 18.2 Å². The quantitative estimate of drug-likeness (QED) is 0.927. The summed E-state index contributed by atoms with van der Waals surface area (Å²) in [5.41, 5.74) is 0.699. The molecule has 1 aromatic carbocycles. The Morgan fingerprint density at radius 3 is 2.68 bits per heavy atom. The van der Waals surface area contributed by atoms with Gasteiger partial charge in [0.15, 0.2) is 0 Å². The summed E-state index contributed by atoms with van der Waals surface area (Å²) in [5, 5.41) is 4.04. The average molecular weight is 299 g/mol. The highest BCUT2D eigenvalue weighted by Crippen LogP contribution is 2.20. The van der Waals surface area contributed by atoms with Crippen LogP contribution in [0.25, 0.3) is 10.9 Å². The molecule has 22 heavy (non-hydrogen) atoms. The Labute approximate surface area is 130 Å². The van der Waals surface area contributed by atoms with Gasteiger partial charge in [0.05, 0.1) is 18.6 Å². The van der Waals surface area contributed by atoms with Crippen molar-refractivity contribution in [1.29, 1.82) is 0 Å². The van der Waals surface area contributed by atoms with Crippen LogP contribution in [0.5, 0.6) is 5.88 Å². The molecule has 116 valence electrons. The van der Waals surface area contributed by atoms with Gasteiger partial charge in [-0.25, -0.2) is 9.78 Å². The van der Waals surface area contributed by atoms with Gasteiger partial charge < -0.3 is 15.0 Å². The molecule has 0 bridgehead atoms. The van der Waals surface area contributed by atoms with Crippen LogP contribution >= 0.6 is 0 Å². The van der Waals surface area contributed by atoms with Crippen molar-refractivity contribution in [3.05, 3.63) is 36.4 Å². The maximum Gasteiger partial charge on any atom is 0.318 e. The van der Waals surface area contributed by atoms with E-state index in [0.29, 0.717) is 19.0 Å². The molecule has 2 heterocycles. The molecule has 5 nitrogen and oxygen atoms in total. The number of nitrogens with one attached hydrogen (secondary N) is 1. The van der Waals surface area contributed by atoms with Crippen LogP contribution in [0.2, 0.25) is 0 Å². The molecule has 1 saturated heterocycles. The second-order valence-corrected chi connectivity index (χ2v) is 6.67. The topological polar surface area (TPSA) is 54.5 Å². The first-order valence-corrected chi connectivity index (χ1v) is 7.50. The number of amides is 2. The minimum Gasteiger partial charge on any atom is -0.471 e. The number of fused-ring (bicyclic) bond motifs is 1. The number of rotatable bonds is 2. The highest BCUT2D eigenvalue weighted by Gasteiger charge is 2.33. The Morgan fingerprint density at radius 2 is 1.95 bits per heavy atom. The standard InChI is InChI=1S/C17H21N3O2/c1-17(2,3)19-16(21)20-10-13(11-20)22-15-9-8-12-6-4-5-7-14(12)18-15/h4-9,13H,10-11H2,1-3H3,(H,19,21). The van der Waals surface area contributed by atoms with Crippen LogP contribution in [0, 0.1) is 0 Å². The lowest BCUT2D eigenvalue weighted by molar-refractivity contribution is 0.0396. The van der Waals surface area contributed by atoms with E-state index in [-0.39, 0.29) is 17.7 Å². The lowest BCUT2D eigenvalue weighted by atomic mass is 10.1. The molecule has 2 amide bonds. The van der Waals surface area contributed by atoms with E-state index in [9.17, 15) is 4.79 Å². The molecule has 1 aliphatic rings. The summed E-state index contributed by atoms with van der Waals surface area (Å²) in [6.45, 7) is 7.10. The number of benzene rings is 1. The number of urea groups is 1. The Morgan fingerprint density at radius 1 is 1.23 bits per heavy atom. The van der Waals surface area contributed by atoms with Gasteiger partial charge in [0.2, 0.25) is 5.88 Å². The summed E-state index contributed by atoms with van der Waals surface area (Å²) in [6.07, 6.45) is 0.0133. The molecule has 0 saturated carbocycles. The maximum absolute atomic E-state index is 12.0. The number of carbonyl (C=O) groups is 1. The smallest absolute Gasteiger partial charge is 0.318 e. The second-order valence-electron chi connectivity index (χ2n) is 6.67. The van der Waals surface area contributed by atoms with Gasteiger partial charge in [-0.3, -0.25) is 0 Å². The minimum absolute atomic E-state index is 0.0133. The third kappa shape index (κ3) is 3.30. The Kier molecular flexibility index (Phi) is 3.64. The summed E-state index contributed by atoms with van der Waals surface area (Å²) >= 11 is 0. The van der Waals surface area contributed by atoms with Crippen LogP contribution < -0.4 is 10.1 Å². The molecule has 1 N–H and O–H groups in total. The average Bonchev–Trinajstić information content (AvgIpc) is 2.40. The third-order valence-corrected chi connectivity index (χ3v) is 3.48. The molecule has 5 heteroatoms. The number of carbonyl (C=O) groups excluding carboxylic acids is 1. The Balaban J connectivity index is 1.56. The van der Waals surface area contributed by atoms with E-state index in [1.807, 2.05) is 57.2 Å². The first-order chi connectivity index (χ1) is 10.4. The van der Waals surface area contributed by atoms with Crippen molar-refractivity contribution in [1.82, 2.24) is 15.2 Å². The SMILES string of the molecule is CC(C)(C)NC(=O)N1CC(Oc2ccc3ccccc3n2)C1. The molecule has 3 rings (SSSR count). The van der Waals surface area contributed by atoms with E-state index in [4.69, 9.17) is 4.74 Å². The van der Waals surface area contributed by atoms with E-state index in [2.05, 4.69) is 10.3 Å². The predicted molar refractivity (Wildman–Crippen MR) is 86.0 cm³/mol. The number of nitrogens with zero attached hydrogens (tertiary/aromatic N) is 2. The van der Waals surface area contributed by atoms with Crippen molar-refractivity contribution < 1.29 is 9.53 Å². The first-order valence-electron chi connectivity index (χ1n) is 7.50. The third-order valence-electron chi connectivity index (χ3n) is 3.48. The van der Waals surface area contributed by atoms with Crippen molar-refractivity contribution >= 4 is 16.9 Å². The normalized spacial score (nSPS) is 15.5. The molecule has 1 fully saturated rings.